The second-order valence-corrected chi connectivity index (χ2v) is 7.06. The molecule has 0 aliphatic carbocycles. The lowest BCUT2D eigenvalue weighted by Gasteiger charge is -2.11. The number of nitrogens with one attached hydrogen (secondary N) is 2. The summed E-state index contributed by atoms with van der Waals surface area (Å²) in [7, 11) is -2.37. The molecule has 0 radical (unpaired) electrons. The lowest BCUT2D eigenvalue weighted by Crippen LogP contribution is -2.20. The number of carbonyl (C=O) groups is 1. The molecule has 0 atom stereocenters. The number of hydrogen-bond donors (Lipinski definition) is 2. The number of benzene rings is 2. The van der Waals surface area contributed by atoms with Crippen LogP contribution < -0.4 is 10.0 Å². The fraction of sp³-hybridized carbons (Fsp3) is 0.133. The van der Waals surface area contributed by atoms with Gasteiger partial charge in [0.15, 0.2) is 0 Å². The molecule has 1 amide bonds. The van der Waals surface area contributed by atoms with Gasteiger partial charge in [-0.2, -0.15) is 0 Å². The zero-order chi connectivity index (χ0) is 17.2. The first-order valence-electron chi connectivity index (χ1n) is 6.55. The molecular formula is C15H14ClFN2O3S. The Morgan fingerprint density at radius 3 is 2.52 bits per heavy atom. The molecule has 0 bridgehead atoms. The normalized spacial score (nSPS) is 11.3. The third-order valence-corrected chi connectivity index (χ3v) is 4.97. The van der Waals surface area contributed by atoms with E-state index in [1.807, 2.05) is 0 Å². The number of aryl methyl sites for hydroxylation is 1. The van der Waals surface area contributed by atoms with Crippen LogP contribution >= 0.6 is 11.6 Å². The summed E-state index contributed by atoms with van der Waals surface area (Å²) in [6, 6.07) is 8.01. The SMILES string of the molecule is CNS(=O)(=O)c1cc(NC(=O)c2cc(Cl)ccc2F)ccc1C. The van der Waals surface area contributed by atoms with E-state index in [9.17, 15) is 17.6 Å². The zero-order valence-corrected chi connectivity index (χ0v) is 13.9. The van der Waals surface area contributed by atoms with Crippen LogP contribution in [0.4, 0.5) is 10.1 Å². The van der Waals surface area contributed by atoms with Gasteiger partial charge in [0.1, 0.15) is 5.82 Å². The van der Waals surface area contributed by atoms with Crippen LogP contribution in [0.25, 0.3) is 0 Å². The Bertz CT molecular complexity index is 869. The van der Waals surface area contributed by atoms with Crippen LogP contribution in [0.3, 0.4) is 0 Å². The van der Waals surface area contributed by atoms with Gasteiger partial charge in [-0.25, -0.2) is 17.5 Å². The zero-order valence-electron chi connectivity index (χ0n) is 12.4. The van der Waals surface area contributed by atoms with Crippen molar-refractivity contribution in [1.29, 1.82) is 0 Å². The molecule has 2 aromatic rings. The van der Waals surface area contributed by atoms with E-state index in [1.54, 1.807) is 13.0 Å². The molecule has 2 aromatic carbocycles. The quantitative estimate of drug-likeness (QED) is 0.884. The average Bonchev–Trinajstić information content (AvgIpc) is 2.51. The first-order valence-corrected chi connectivity index (χ1v) is 8.41. The largest absolute Gasteiger partial charge is 0.322 e. The van der Waals surface area contributed by atoms with Gasteiger partial charge in [0.05, 0.1) is 10.5 Å². The maximum atomic E-state index is 13.7. The Kier molecular flexibility index (Phi) is 5.03. The van der Waals surface area contributed by atoms with E-state index >= 15 is 0 Å². The summed E-state index contributed by atoms with van der Waals surface area (Å²) in [5.41, 5.74) is 0.524. The van der Waals surface area contributed by atoms with Crippen molar-refractivity contribution >= 4 is 33.2 Å². The lowest BCUT2D eigenvalue weighted by atomic mass is 10.2. The van der Waals surface area contributed by atoms with Gasteiger partial charge in [-0.15, -0.1) is 0 Å². The Morgan fingerprint density at radius 2 is 1.87 bits per heavy atom. The monoisotopic (exact) mass is 356 g/mol. The Balaban J connectivity index is 2.36. The molecule has 0 aromatic heterocycles. The van der Waals surface area contributed by atoms with Crippen molar-refractivity contribution in [1.82, 2.24) is 4.72 Å². The van der Waals surface area contributed by atoms with E-state index in [-0.39, 0.29) is 21.2 Å². The Hall–Kier alpha value is -1.96. The van der Waals surface area contributed by atoms with Crippen LogP contribution in [0, 0.1) is 12.7 Å². The average molecular weight is 357 g/mol. The number of halogens is 2. The van der Waals surface area contributed by atoms with Crippen molar-refractivity contribution in [3.8, 4) is 0 Å². The molecule has 5 nitrogen and oxygen atoms in total. The Labute approximate surface area is 138 Å². The van der Waals surface area contributed by atoms with Crippen LogP contribution in [0.5, 0.6) is 0 Å². The molecular weight excluding hydrogens is 343 g/mol. The van der Waals surface area contributed by atoms with Gasteiger partial charge in [0.2, 0.25) is 10.0 Å². The summed E-state index contributed by atoms with van der Waals surface area (Å²) >= 11 is 5.75. The first kappa shape index (κ1) is 17.4. The molecule has 0 saturated heterocycles. The molecule has 0 aliphatic rings. The van der Waals surface area contributed by atoms with Crippen molar-refractivity contribution in [2.24, 2.45) is 0 Å². The first-order chi connectivity index (χ1) is 10.7. The molecule has 122 valence electrons. The number of sulfonamides is 1. The van der Waals surface area contributed by atoms with Gasteiger partial charge in [0.25, 0.3) is 5.91 Å². The summed E-state index contributed by atoms with van der Waals surface area (Å²) in [6.45, 7) is 1.63. The molecule has 8 heteroatoms. The standard InChI is InChI=1S/C15H14ClFN2O3S/c1-9-3-5-11(8-14(9)23(21,22)18-2)19-15(20)12-7-10(16)4-6-13(12)17/h3-8,18H,1-2H3,(H,19,20). The molecule has 0 aliphatic heterocycles. The van der Waals surface area contributed by atoms with Gasteiger partial charge in [-0.1, -0.05) is 17.7 Å². The van der Waals surface area contributed by atoms with Gasteiger partial charge in [-0.05, 0) is 49.9 Å². The van der Waals surface area contributed by atoms with Gasteiger partial charge >= 0.3 is 0 Å². The van der Waals surface area contributed by atoms with E-state index in [0.29, 0.717) is 5.56 Å². The van der Waals surface area contributed by atoms with Crippen molar-refractivity contribution in [2.75, 3.05) is 12.4 Å². The minimum atomic E-state index is -3.66. The maximum absolute atomic E-state index is 13.7. The number of hydrogen-bond acceptors (Lipinski definition) is 3. The highest BCUT2D eigenvalue weighted by Crippen LogP contribution is 2.21. The van der Waals surface area contributed by atoms with Crippen molar-refractivity contribution in [3.63, 3.8) is 0 Å². The molecule has 0 heterocycles. The highest BCUT2D eigenvalue weighted by Gasteiger charge is 2.17. The number of anilines is 1. The minimum absolute atomic E-state index is 0.0318. The van der Waals surface area contributed by atoms with E-state index in [0.717, 1.165) is 6.07 Å². The van der Waals surface area contributed by atoms with Crippen LogP contribution in [-0.4, -0.2) is 21.4 Å². The molecule has 0 unspecified atom stereocenters. The summed E-state index contributed by atoms with van der Waals surface area (Å²) in [5.74, 6) is -1.44. The second-order valence-electron chi connectivity index (χ2n) is 4.77. The number of amides is 1. The molecule has 0 fully saturated rings. The second kappa shape index (κ2) is 6.66. The van der Waals surface area contributed by atoms with Gasteiger partial charge < -0.3 is 5.32 Å². The van der Waals surface area contributed by atoms with Crippen LogP contribution in [-0.2, 0) is 10.0 Å². The summed E-state index contributed by atoms with van der Waals surface area (Å²) in [6.07, 6.45) is 0. The molecule has 0 saturated carbocycles. The molecule has 2 rings (SSSR count). The smallest absolute Gasteiger partial charge is 0.258 e. The third-order valence-electron chi connectivity index (χ3n) is 3.18. The van der Waals surface area contributed by atoms with E-state index in [2.05, 4.69) is 10.0 Å². The van der Waals surface area contributed by atoms with Crippen molar-refractivity contribution in [2.45, 2.75) is 11.8 Å². The fourth-order valence-electron chi connectivity index (χ4n) is 1.95. The maximum Gasteiger partial charge on any atom is 0.258 e. The van der Waals surface area contributed by atoms with Crippen LogP contribution in [0.2, 0.25) is 5.02 Å². The fourth-order valence-corrected chi connectivity index (χ4v) is 3.11. The number of carbonyl (C=O) groups excluding carboxylic acids is 1. The lowest BCUT2D eigenvalue weighted by molar-refractivity contribution is 0.102. The predicted molar refractivity (Wildman–Crippen MR) is 86.8 cm³/mol. The summed E-state index contributed by atoms with van der Waals surface area (Å²) < 4.78 is 39.7. The topological polar surface area (TPSA) is 75.3 Å². The molecule has 23 heavy (non-hydrogen) atoms. The van der Waals surface area contributed by atoms with E-state index in [1.165, 1.54) is 31.3 Å². The van der Waals surface area contributed by atoms with Crippen molar-refractivity contribution in [3.05, 3.63) is 58.4 Å². The van der Waals surface area contributed by atoms with Gasteiger partial charge in [0, 0.05) is 10.7 Å². The summed E-state index contributed by atoms with van der Waals surface area (Å²) in [4.78, 5) is 12.2. The van der Waals surface area contributed by atoms with E-state index < -0.39 is 21.7 Å². The third kappa shape index (κ3) is 3.87. The van der Waals surface area contributed by atoms with E-state index in [4.69, 9.17) is 11.6 Å². The molecule has 2 N–H and O–H groups in total. The summed E-state index contributed by atoms with van der Waals surface area (Å²) in [5, 5.41) is 2.68. The van der Waals surface area contributed by atoms with Crippen LogP contribution in [0.15, 0.2) is 41.3 Å². The predicted octanol–water partition coefficient (Wildman–Crippen LogP) is 2.95. The van der Waals surface area contributed by atoms with Crippen molar-refractivity contribution < 1.29 is 17.6 Å². The van der Waals surface area contributed by atoms with Crippen LogP contribution in [0.1, 0.15) is 15.9 Å². The minimum Gasteiger partial charge on any atom is -0.322 e. The highest BCUT2D eigenvalue weighted by molar-refractivity contribution is 7.89. The molecule has 0 spiro atoms. The highest BCUT2D eigenvalue weighted by atomic mass is 35.5. The number of rotatable bonds is 4. The Morgan fingerprint density at radius 1 is 1.17 bits per heavy atom. The van der Waals surface area contributed by atoms with Gasteiger partial charge in [-0.3, -0.25) is 4.79 Å².